The van der Waals surface area contributed by atoms with E-state index in [2.05, 4.69) is 10.2 Å². The van der Waals surface area contributed by atoms with Crippen molar-refractivity contribution >= 4 is 52.1 Å². The third-order valence-corrected chi connectivity index (χ3v) is 3.47. The summed E-state index contributed by atoms with van der Waals surface area (Å²) in [6.07, 6.45) is 0. The van der Waals surface area contributed by atoms with Crippen LogP contribution in [-0.4, -0.2) is 0 Å². The molecule has 0 aromatic heterocycles. The third-order valence-electron chi connectivity index (χ3n) is 2.32. The van der Waals surface area contributed by atoms with Gasteiger partial charge in [0.05, 0.1) is 12.2 Å². The van der Waals surface area contributed by atoms with E-state index in [1.807, 2.05) is 0 Å². The van der Waals surface area contributed by atoms with Crippen molar-refractivity contribution in [3.05, 3.63) is 62.1 Å². The van der Waals surface area contributed by atoms with E-state index in [9.17, 15) is 0 Å². The van der Waals surface area contributed by atoms with Crippen molar-refractivity contribution in [2.24, 2.45) is 10.2 Å². The molecule has 0 aliphatic rings. The normalized spacial score (nSPS) is 11.2. The zero-order valence-corrected chi connectivity index (χ0v) is 12.6. The first kappa shape index (κ1) is 14.6. The fraction of sp³-hybridized carbons (Fsp3) is 0.0769. The smallest absolute Gasteiger partial charge is 0.0882 e. The zero-order valence-electron chi connectivity index (χ0n) is 9.58. The molecule has 2 rings (SSSR count). The fourth-order valence-electron chi connectivity index (χ4n) is 1.47. The molecule has 2 nitrogen and oxygen atoms in total. The Kier molecular flexibility index (Phi) is 5.06. The minimum Gasteiger partial charge on any atom is -0.184 e. The lowest BCUT2D eigenvalue weighted by Crippen LogP contribution is -1.84. The second-order valence-electron chi connectivity index (χ2n) is 3.73. The molecule has 0 aliphatic heterocycles. The van der Waals surface area contributed by atoms with Crippen LogP contribution >= 0.6 is 46.4 Å². The van der Waals surface area contributed by atoms with Crippen LogP contribution in [0.2, 0.25) is 20.1 Å². The molecule has 0 saturated carbocycles. The average molecular weight is 334 g/mol. The quantitative estimate of drug-likeness (QED) is 0.566. The molecule has 98 valence electrons. The number of hydrogen-bond donors (Lipinski definition) is 0. The first-order chi connectivity index (χ1) is 9.06. The Labute approximate surface area is 131 Å². The van der Waals surface area contributed by atoms with Gasteiger partial charge in [-0.15, -0.1) is 0 Å². The highest BCUT2D eigenvalue weighted by Crippen LogP contribution is 2.27. The Morgan fingerprint density at radius 3 is 2.00 bits per heavy atom. The van der Waals surface area contributed by atoms with Gasteiger partial charge in [0.15, 0.2) is 0 Å². The van der Waals surface area contributed by atoms with Gasteiger partial charge in [-0.2, -0.15) is 10.2 Å². The minimum atomic E-state index is 0.294. The largest absolute Gasteiger partial charge is 0.184 e. The summed E-state index contributed by atoms with van der Waals surface area (Å²) in [5, 5.41) is 10.3. The molecular formula is C13H8Cl4N2. The number of hydrogen-bond acceptors (Lipinski definition) is 2. The molecule has 6 heteroatoms. The van der Waals surface area contributed by atoms with E-state index in [0.717, 1.165) is 5.56 Å². The number of halogens is 4. The summed E-state index contributed by atoms with van der Waals surface area (Å²) in [5.74, 6) is 0. The van der Waals surface area contributed by atoms with Crippen LogP contribution in [0.4, 0.5) is 5.69 Å². The van der Waals surface area contributed by atoms with Gasteiger partial charge in [0.2, 0.25) is 0 Å². The van der Waals surface area contributed by atoms with Crippen LogP contribution in [0.3, 0.4) is 0 Å². The van der Waals surface area contributed by atoms with Gasteiger partial charge < -0.3 is 0 Å². The Morgan fingerprint density at radius 1 is 0.842 bits per heavy atom. The maximum atomic E-state index is 6.03. The van der Waals surface area contributed by atoms with Crippen molar-refractivity contribution in [1.82, 2.24) is 0 Å². The van der Waals surface area contributed by atoms with E-state index >= 15 is 0 Å². The van der Waals surface area contributed by atoms with E-state index < -0.39 is 0 Å². The molecule has 0 heterocycles. The van der Waals surface area contributed by atoms with Crippen LogP contribution in [0, 0.1) is 0 Å². The number of nitrogens with zero attached hydrogens (tertiary/aromatic N) is 2. The maximum absolute atomic E-state index is 6.03. The van der Waals surface area contributed by atoms with E-state index in [1.165, 1.54) is 0 Å². The van der Waals surface area contributed by atoms with Crippen molar-refractivity contribution in [3.8, 4) is 0 Å². The minimum absolute atomic E-state index is 0.294. The molecule has 19 heavy (non-hydrogen) atoms. The number of rotatable bonds is 3. The molecule has 2 aromatic rings. The number of azo groups is 1. The topological polar surface area (TPSA) is 24.7 Å². The molecule has 0 amide bonds. The van der Waals surface area contributed by atoms with Crippen molar-refractivity contribution in [3.63, 3.8) is 0 Å². The van der Waals surface area contributed by atoms with Crippen LogP contribution in [0.15, 0.2) is 46.6 Å². The summed E-state index contributed by atoms with van der Waals surface area (Å²) >= 11 is 23.8. The predicted molar refractivity (Wildman–Crippen MR) is 81.1 cm³/mol. The van der Waals surface area contributed by atoms with E-state index in [-0.39, 0.29) is 0 Å². The second kappa shape index (κ2) is 6.58. The molecule has 2 aromatic carbocycles. The van der Waals surface area contributed by atoms with Crippen LogP contribution in [0.5, 0.6) is 0 Å². The summed E-state index contributed by atoms with van der Waals surface area (Å²) in [7, 11) is 0. The van der Waals surface area contributed by atoms with Crippen LogP contribution in [-0.2, 0) is 6.54 Å². The molecule has 0 atom stereocenters. The highest BCUT2D eigenvalue weighted by molar-refractivity contribution is 6.36. The van der Waals surface area contributed by atoms with Crippen LogP contribution < -0.4 is 0 Å². The van der Waals surface area contributed by atoms with Gasteiger partial charge >= 0.3 is 0 Å². The van der Waals surface area contributed by atoms with Crippen molar-refractivity contribution < 1.29 is 0 Å². The Bertz CT molecular complexity index is 586. The number of benzene rings is 2. The zero-order chi connectivity index (χ0) is 13.8. The van der Waals surface area contributed by atoms with Gasteiger partial charge in [-0.3, -0.25) is 0 Å². The highest BCUT2D eigenvalue weighted by atomic mass is 35.5. The SMILES string of the molecule is Clc1cc(Cl)cc(N=NCc2c(Cl)cccc2Cl)c1. The second-order valence-corrected chi connectivity index (χ2v) is 5.41. The first-order valence-electron chi connectivity index (χ1n) is 5.33. The van der Waals surface area contributed by atoms with Gasteiger partial charge in [-0.25, -0.2) is 0 Å². The van der Waals surface area contributed by atoms with Gasteiger partial charge in [-0.1, -0.05) is 52.5 Å². The molecule has 0 spiro atoms. The Morgan fingerprint density at radius 2 is 1.42 bits per heavy atom. The Hall–Kier alpha value is -0.800. The highest BCUT2D eigenvalue weighted by Gasteiger charge is 2.04. The Balaban J connectivity index is 2.16. The summed E-state index contributed by atoms with van der Waals surface area (Å²) in [5.41, 5.74) is 1.32. The molecule has 0 radical (unpaired) electrons. The van der Waals surface area contributed by atoms with Gasteiger partial charge in [0.1, 0.15) is 0 Å². The molecule has 0 bridgehead atoms. The van der Waals surface area contributed by atoms with Crippen LogP contribution in [0.1, 0.15) is 5.56 Å². The third kappa shape index (κ3) is 4.08. The molecular weight excluding hydrogens is 326 g/mol. The lowest BCUT2D eigenvalue weighted by Gasteiger charge is -2.02. The summed E-state index contributed by atoms with van der Waals surface area (Å²) in [6.45, 7) is 0.294. The van der Waals surface area contributed by atoms with Crippen LogP contribution in [0.25, 0.3) is 0 Å². The summed E-state index contributed by atoms with van der Waals surface area (Å²) in [6, 6.07) is 10.3. The van der Waals surface area contributed by atoms with Gasteiger partial charge in [0, 0.05) is 25.7 Å². The standard InChI is InChI=1S/C13H8Cl4N2/c14-8-4-9(15)6-10(5-8)19-18-7-11-12(16)2-1-3-13(11)17/h1-6H,7H2. The summed E-state index contributed by atoms with van der Waals surface area (Å²) < 4.78 is 0. The maximum Gasteiger partial charge on any atom is 0.0882 e. The van der Waals surface area contributed by atoms with Crippen molar-refractivity contribution in [2.45, 2.75) is 6.54 Å². The lowest BCUT2D eigenvalue weighted by molar-refractivity contribution is 0.960. The average Bonchev–Trinajstić information content (AvgIpc) is 2.32. The first-order valence-corrected chi connectivity index (χ1v) is 6.84. The molecule has 0 fully saturated rings. The van der Waals surface area contributed by atoms with E-state index in [0.29, 0.717) is 32.3 Å². The lowest BCUT2D eigenvalue weighted by atomic mass is 10.2. The van der Waals surface area contributed by atoms with E-state index in [4.69, 9.17) is 46.4 Å². The van der Waals surface area contributed by atoms with Gasteiger partial charge in [-0.05, 0) is 30.3 Å². The molecule has 0 unspecified atom stereocenters. The molecule has 0 N–H and O–H groups in total. The summed E-state index contributed by atoms with van der Waals surface area (Å²) in [4.78, 5) is 0. The fourth-order valence-corrected chi connectivity index (χ4v) is 2.50. The monoisotopic (exact) mass is 332 g/mol. The van der Waals surface area contributed by atoms with Gasteiger partial charge in [0.25, 0.3) is 0 Å². The van der Waals surface area contributed by atoms with E-state index in [1.54, 1.807) is 36.4 Å². The molecule has 0 aliphatic carbocycles. The predicted octanol–water partition coefficient (Wildman–Crippen LogP) is 6.58. The van der Waals surface area contributed by atoms with Crippen molar-refractivity contribution in [2.75, 3.05) is 0 Å². The van der Waals surface area contributed by atoms with Crippen molar-refractivity contribution in [1.29, 1.82) is 0 Å². The molecule has 0 saturated heterocycles.